The van der Waals surface area contributed by atoms with Crippen molar-refractivity contribution in [3.8, 4) is 0 Å². The molecule has 1 saturated carbocycles. The summed E-state index contributed by atoms with van der Waals surface area (Å²) in [5.41, 5.74) is -0.0627. The molecular formula is C10H14Br2O. The Morgan fingerprint density at radius 2 is 2.08 bits per heavy atom. The first kappa shape index (κ1) is 11.4. The van der Waals surface area contributed by atoms with Crippen LogP contribution in [-0.2, 0) is 4.79 Å². The zero-order valence-corrected chi connectivity index (χ0v) is 11.1. The van der Waals surface area contributed by atoms with Gasteiger partial charge in [-0.1, -0.05) is 19.9 Å². The van der Waals surface area contributed by atoms with Crippen LogP contribution < -0.4 is 0 Å². The van der Waals surface area contributed by atoms with Gasteiger partial charge in [-0.05, 0) is 50.6 Å². The molecule has 0 aromatic carbocycles. The molecule has 3 heteroatoms. The Morgan fingerprint density at radius 1 is 1.54 bits per heavy atom. The second kappa shape index (κ2) is 4.26. The highest BCUT2D eigenvalue weighted by molar-refractivity contribution is 9.28. The Hall–Kier alpha value is 0.370. The lowest BCUT2D eigenvalue weighted by atomic mass is 9.56. The summed E-state index contributed by atoms with van der Waals surface area (Å²) in [4.78, 5) is 11.5. The van der Waals surface area contributed by atoms with Gasteiger partial charge in [-0.2, -0.15) is 0 Å². The number of halogens is 2. The molecule has 0 N–H and O–H groups in total. The van der Waals surface area contributed by atoms with Crippen molar-refractivity contribution in [2.75, 3.05) is 0 Å². The van der Waals surface area contributed by atoms with Gasteiger partial charge in [0.1, 0.15) is 5.78 Å². The minimum Gasteiger partial charge on any atom is -0.299 e. The lowest BCUT2D eigenvalue weighted by molar-refractivity contribution is -0.143. The fourth-order valence-corrected chi connectivity index (χ4v) is 2.85. The normalized spacial score (nSPS) is 25.2. The molecule has 1 atom stereocenters. The van der Waals surface area contributed by atoms with Crippen LogP contribution in [0, 0.1) is 11.3 Å². The summed E-state index contributed by atoms with van der Waals surface area (Å²) in [6.45, 7) is 4.20. The maximum atomic E-state index is 11.5. The molecule has 0 aromatic rings. The van der Waals surface area contributed by atoms with Crippen molar-refractivity contribution in [3.05, 3.63) is 9.47 Å². The molecule has 0 aliphatic heterocycles. The first-order valence-corrected chi connectivity index (χ1v) is 6.21. The van der Waals surface area contributed by atoms with Crippen LogP contribution in [0.25, 0.3) is 0 Å². The quantitative estimate of drug-likeness (QED) is 0.770. The van der Waals surface area contributed by atoms with Crippen LogP contribution in [0.1, 0.15) is 33.1 Å². The van der Waals surface area contributed by atoms with E-state index in [-0.39, 0.29) is 5.41 Å². The molecule has 1 fully saturated rings. The first-order valence-electron chi connectivity index (χ1n) is 4.63. The molecule has 1 aliphatic carbocycles. The van der Waals surface area contributed by atoms with Gasteiger partial charge in [-0.3, -0.25) is 4.79 Å². The van der Waals surface area contributed by atoms with E-state index in [2.05, 4.69) is 51.8 Å². The van der Waals surface area contributed by atoms with Crippen LogP contribution in [-0.4, -0.2) is 5.78 Å². The molecule has 74 valence electrons. The summed E-state index contributed by atoms with van der Waals surface area (Å²) >= 11 is 6.69. The highest BCUT2D eigenvalue weighted by atomic mass is 79.9. The maximum absolute atomic E-state index is 11.5. The number of ketones is 1. The average Bonchev–Trinajstić information content (AvgIpc) is 2.05. The van der Waals surface area contributed by atoms with Gasteiger partial charge in [0.2, 0.25) is 0 Å². The van der Waals surface area contributed by atoms with Gasteiger partial charge in [-0.15, -0.1) is 0 Å². The Labute approximate surface area is 96.2 Å². The Bertz CT molecular complexity index is 237. The number of allylic oxidation sites excluding steroid dienone is 1. The number of rotatable bonds is 3. The van der Waals surface area contributed by atoms with Gasteiger partial charge < -0.3 is 0 Å². The Balaban J connectivity index is 2.81. The van der Waals surface area contributed by atoms with Crippen LogP contribution in [0.15, 0.2) is 9.47 Å². The molecule has 0 heterocycles. The third kappa shape index (κ3) is 1.91. The minimum absolute atomic E-state index is 0.0627. The first-order chi connectivity index (χ1) is 6.06. The van der Waals surface area contributed by atoms with E-state index in [9.17, 15) is 4.79 Å². The fourth-order valence-electron chi connectivity index (χ4n) is 2.21. The van der Waals surface area contributed by atoms with Crippen molar-refractivity contribution in [1.29, 1.82) is 0 Å². The molecular weight excluding hydrogens is 296 g/mol. The molecule has 1 unspecified atom stereocenters. The summed E-state index contributed by atoms with van der Waals surface area (Å²) < 4.78 is 0.962. The van der Waals surface area contributed by atoms with Gasteiger partial charge in [-0.25, -0.2) is 0 Å². The van der Waals surface area contributed by atoms with Crippen molar-refractivity contribution in [2.24, 2.45) is 11.3 Å². The van der Waals surface area contributed by atoms with Crippen LogP contribution in [0.3, 0.4) is 0 Å². The van der Waals surface area contributed by atoms with Crippen LogP contribution >= 0.6 is 31.9 Å². The largest absolute Gasteiger partial charge is 0.299 e. The number of hydrogen-bond donors (Lipinski definition) is 0. The lowest BCUT2D eigenvalue weighted by Gasteiger charge is -2.45. The van der Waals surface area contributed by atoms with E-state index in [0.717, 1.165) is 16.2 Å². The van der Waals surface area contributed by atoms with Crippen molar-refractivity contribution in [3.63, 3.8) is 0 Å². The second-order valence-corrected chi connectivity index (χ2v) is 6.33. The molecule has 0 saturated heterocycles. The van der Waals surface area contributed by atoms with Crippen LogP contribution in [0.4, 0.5) is 0 Å². The third-order valence-electron chi connectivity index (χ3n) is 3.26. The SMILES string of the molecule is CCC1(CC)C(=O)CC1C=C(Br)Br. The Kier molecular flexibility index (Phi) is 3.75. The summed E-state index contributed by atoms with van der Waals surface area (Å²) in [5.74, 6) is 0.851. The monoisotopic (exact) mass is 308 g/mol. The predicted molar refractivity (Wildman–Crippen MR) is 62.1 cm³/mol. The van der Waals surface area contributed by atoms with Crippen LogP contribution in [0.5, 0.6) is 0 Å². The van der Waals surface area contributed by atoms with Crippen LogP contribution in [0.2, 0.25) is 0 Å². The van der Waals surface area contributed by atoms with E-state index in [0.29, 0.717) is 18.1 Å². The average molecular weight is 310 g/mol. The number of carbonyl (C=O) groups excluding carboxylic acids is 1. The molecule has 13 heavy (non-hydrogen) atoms. The zero-order valence-electron chi connectivity index (χ0n) is 7.94. The van der Waals surface area contributed by atoms with E-state index in [1.807, 2.05) is 0 Å². The molecule has 1 nitrogen and oxygen atoms in total. The summed E-state index contributed by atoms with van der Waals surface area (Å²) in [6.07, 6.45) is 4.73. The smallest absolute Gasteiger partial charge is 0.140 e. The zero-order chi connectivity index (χ0) is 10.1. The standard InChI is InChI=1S/C10H14Br2O/c1-3-10(4-2)7(5-8(10)13)6-9(11)12/h6-7H,3-5H2,1-2H3. The molecule has 1 rings (SSSR count). The van der Waals surface area contributed by atoms with Gasteiger partial charge >= 0.3 is 0 Å². The molecule has 0 radical (unpaired) electrons. The van der Waals surface area contributed by atoms with Crippen molar-refractivity contribution < 1.29 is 4.79 Å². The van der Waals surface area contributed by atoms with Gasteiger partial charge in [0.05, 0.1) is 3.39 Å². The fraction of sp³-hybridized carbons (Fsp3) is 0.700. The van der Waals surface area contributed by atoms with Crippen molar-refractivity contribution in [2.45, 2.75) is 33.1 Å². The van der Waals surface area contributed by atoms with E-state index in [1.165, 1.54) is 0 Å². The minimum atomic E-state index is -0.0627. The van der Waals surface area contributed by atoms with Gasteiger partial charge in [0.25, 0.3) is 0 Å². The molecule has 0 spiro atoms. The Morgan fingerprint density at radius 3 is 2.38 bits per heavy atom. The predicted octanol–water partition coefficient (Wildman–Crippen LogP) is 4.01. The topological polar surface area (TPSA) is 17.1 Å². The van der Waals surface area contributed by atoms with Gasteiger partial charge in [0.15, 0.2) is 0 Å². The lowest BCUT2D eigenvalue weighted by Crippen LogP contribution is -2.48. The molecule has 1 aliphatic rings. The van der Waals surface area contributed by atoms with Gasteiger partial charge in [0, 0.05) is 11.8 Å². The molecule has 0 amide bonds. The van der Waals surface area contributed by atoms with E-state index < -0.39 is 0 Å². The number of carbonyl (C=O) groups is 1. The van der Waals surface area contributed by atoms with E-state index in [4.69, 9.17) is 0 Å². The summed E-state index contributed by atoms with van der Waals surface area (Å²) in [6, 6.07) is 0. The molecule has 0 bridgehead atoms. The van der Waals surface area contributed by atoms with E-state index in [1.54, 1.807) is 0 Å². The number of hydrogen-bond acceptors (Lipinski definition) is 1. The highest BCUT2D eigenvalue weighted by Gasteiger charge is 2.50. The maximum Gasteiger partial charge on any atom is 0.140 e. The highest BCUT2D eigenvalue weighted by Crippen LogP contribution is 2.50. The third-order valence-corrected chi connectivity index (χ3v) is 3.79. The summed E-state index contributed by atoms with van der Waals surface area (Å²) in [7, 11) is 0. The number of Topliss-reactive ketones (excluding diaryl/α,β-unsaturated/α-hetero) is 1. The van der Waals surface area contributed by atoms with E-state index >= 15 is 0 Å². The second-order valence-electron chi connectivity index (χ2n) is 3.55. The van der Waals surface area contributed by atoms with Crippen molar-refractivity contribution >= 4 is 37.6 Å². The molecule has 0 aromatic heterocycles. The van der Waals surface area contributed by atoms with Crippen molar-refractivity contribution in [1.82, 2.24) is 0 Å². The summed E-state index contributed by atoms with van der Waals surface area (Å²) in [5, 5.41) is 0.